The first-order chi connectivity index (χ1) is 31.0. The molecule has 0 saturated heterocycles. The van der Waals surface area contributed by atoms with Crippen molar-refractivity contribution >= 4 is 11.9 Å². The number of aliphatic hydroxyl groups excluding tert-OH is 2. The third-order valence-electron chi connectivity index (χ3n) is 12.4. The number of amides is 1. The fourth-order valence-electron chi connectivity index (χ4n) is 8.22. The van der Waals surface area contributed by atoms with Gasteiger partial charge in [0.1, 0.15) is 6.10 Å². The number of nitrogens with one attached hydrogen (secondary N) is 1. The number of hydrogen-bond acceptors (Lipinski definition) is 5. The minimum Gasteiger partial charge on any atom is -0.462 e. The van der Waals surface area contributed by atoms with Gasteiger partial charge in [0.05, 0.1) is 25.2 Å². The summed E-state index contributed by atoms with van der Waals surface area (Å²) >= 11 is 0. The Balaban J connectivity index is 4.64. The standard InChI is InChI=1S/C57H105NO5/c1-4-7-10-13-16-19-22-25-27-29-32-35-38-41-44-47-50-57(62)63-53(48-45-42-39-36-33-31-28-26-23-20-17-14-11-8-5-2)51-56(61)58-54(52-59)55(60)49-46-43-40-37-34-30-24-21-18-15-12-9-6-3/h17,20,26-29,32,35,53-55,59-60H,4-16,18-19,21-25,30-31,33-34,36-52H2,1-3H3,(H,58,61)/b20-17-,28-26-,29-27+,35-32+. The third-order valence-corrected chi connectivity index (χ3v) is 12.4. The molecule has 6 nitrogen and oxygen atoms in total. The van der Waals surface area contributed by atoms with Gasteiger partial charge in [0.15, 0.2) is 0 Å². The topological polar surface area (TPSA) is 95.9 Å². The molecule has 0 aromatic rings. The molecule has 0 spiro atoms. The summed E-state index contributed by atoms with van der Waals surface area (Å²) in [5, 5.41) is 23.8. The number of hydrogen-bond donors (Lipinski definition) is 3. The van der Waals surface area contributed by atoms with E-state index in [9.17, 15) is 19.8 Å². The van der Waals surface area contributed by atoms with Crippen molar-refractivity contribution in [2.24, 2.45) is 0 Å². The van der Waals surface area contributed by atoms with Crippen molar-refractivity contribution in [1.29, 1.82) is 0 Å². The molecule has 6 heteroatoms. The molecular formula is C57H105NO5. The number of carbonyl (C=O) groups excluding carboxylic acids is 2. The molecule has 0 aromatic carbocycles. The van der Waals surface area contributed by atoms with Gasteiger partial charge in [-0.1, -0.05) is 230 Å². The Labute approximate surface area is 391 Å². The number of unbranched alkanes of at least 4 members (excludes halogenated alkanes) is 30. The first kappa shape index (κ1) is 60.8. The molecule has 0 aliphatic rings. The fraction of sp³-hybridized carbons (Fsp3) is 0.825. The van der Waals surface area contributed by atoms with Gasteiger partial charge in [-0.25, -0.2) is 0 Å². The smallest absolute Gasteiger partial charge is 0.306 e. The van der Waals surface area contributed by atoms with Crippen molar-refractivity contribution in [3.05, 3.63) is 48.6 Å². The van der Waals surface area contributed by atoms with E-state index in [1.54, 1.807) is 0 Å². The van der Waals surface area contributed by atoms with Gasteiger partial charge in [0.2, 0.25) is 5.91 Å². The summed E-state index contributed by atoms with van der Waals surface area (Å²) in [7, 11) is 0. The van der Waals surface area contributed by atoms with Crippen molar-refractivity contribution < 1.29 is 24.5 Å². The van der Waals surface area contributed by atoms with Crippen LogP contribution in [0.5, 0.6) is 0 Å². The Kier molecular flexibility index (Phi) is 49.1. The number of rotatable bonds is 49. The summed E-state index contributed by atoms with van der Waals surface area (Å²) in [6.45, 7) is 6.46. The highest BCUT2D eigenvalue weighted by Crippen LogP contribution is 2.18. The lowest BCUT2D eigenvalue weighted by molar-refractivity contribution is -0.151. The zero-order valence-electron chi connectivity index (χ0n) is 42.0. The average Bonchev–Trinajstić information content (AvgIpc) is 3.28. The zero-order valence-corrected chi connectivity index (χ0v) is 42.0. The van der Waals surface area contributed by atoms with Crippen LogP contribution in [0.4, 0.5) is 0 Å². The van der Waals surface area contributed by atoms with Crippen molar-refractivity contribution in [2.45, 2.75) is 296 Å². The maximum absolute atomic E-state index is 13.2. The Morgan fingerprint density at radius 2 is 0.857 bits per heavy atom. The van der Waals surface area contributed by atoms with E-state index in [0.717, 1.165) is 83.5 Å². The number of ether oxygens (including phenoxy) is 1. The minimum atomic E-state index is -0.796. The summed E-state index contributed by atoms with van der Waals surface area (Å²) in [6, 6.07) is -0.711. The Bertz CT molecular complexity index is 1080. The molecule has 0 rings (SSSR count). The molecule has 63 heavy (non-hydrogen) atoms. The van der Waals surface area contributed by atoms with E-state index in [4.69, 9.17) is 4.74 Å². The van der Waals surface area contributed by atoms with Crippen molar-refractivity contribution in [1.82, 2.24) is 5.32 Å². The quantitative estimate of drug-likeness (QED) is 0.0245. The van der Waals surface area contributed by atoms with Crippen LogP contribution < -0.4 is 5.32 Å². The van der Waals surface area contributed by atoms with E-state index in [0.29, 0.717) is 19.3 Å². The van der Waals surface area contributed by atoms with E-state index in [-0.39, 0.29) is 24.9 Å². The molecule has 0 bridgehead atoms. The monoisotopic (exact) mass is 884 g/mol. The van der Waals surface area contributed by atoms with Gasteiger partial charge in [0.25, 0.3) is 0 Å². The molecule has 3 atom stereocenters. The van der Waals surface area contributed by atoms with Crippen molar-refractivity contribution in [3.63, 3.8) is 0 Å². The van der Waals surface area contributed by atoms with Gasteiger partial charge in [0, 0.05) is 6.42 Å². The second kappa shape index (κ2) is 50.8. The molecule has 0 radical (unpaired) electrons. The Morgan fingerprint density at radius 3 is 1.33 bits per heavy atom. The van der Waals surface area contributed by atoms with Gasteiger partial charge >= 0.3 is 5.97 Å². The minimum absolute atomic E-state index is 0.0583. The normalized spacial score (nSPS) is 13.5. The molecule has 368 valence electrons. The van der Waals surface area contributed by atoms with E-state index < -0.39 is 18.2 Å². The summed E-state index contributed by atoms with van der Waals surface area (Å²) in [4.78, 5) is 26.2. The van der Waals surface area contributed by atoms with Crippen LogP contribution in [0.15, 0.2) is 48.6 Å². The lowest BCUT2D eigenvalue weighted by Crippen LogP contribution is -2.46. The fourth-order valence-corrected chi connectivity index (χ4v) is 8.22. The number of esters is 1. The van der Waals surface area contributed by atoms with E-state index in [1.807, 2.05) is 0 Å². The van der Waals surface area contributed by atoms with Gasteiger partial charge < -0.3 is 20.3 Å². The number of allylic oxidation sites excluding steroid dienone is 8. The summed E-state index contributed by atoms with van der Waals surface area (Å²) < 4.78 is 5.93. The van der Waals surface area contributed by atoms with Crippen molar-refractivity contribution in [3.8, 4) is 0 Å². The van der Waals surface area contributed by atoms with Gasteiger partial charge in [-0.2, -0.15) is 0 Å². The number of carbonyl (C=O) groups is 2. The third kappa shape index (κ3) is 46.2. The van der Waals surface area contributed by atoms with Crippen molar-refractivity contribution in [2.75, 3.05) is 6.61 Å². The Morgan fingerprint density at radius 1 is 0.476 bits per heavy atom. The summed E-state index contributed by atoms with van der Waals surface area (Å²) in [5.74, 6) is -0.512. The SMILES string of the molecule is CCCCC/C=C\C/C=C\CCCCCCCC(CC(=O)NC(CO)C(O)CCCCCCCCCCCCCCC)OC(=O)CCCCC/C=C/C=C/CCCCCCCCC. The largest absolute Gasteiger partial charge is 0.462 e. The molecule has 0 aromatic heterocycles. The summed E-state index contributed by atoms with van der Waals surface area (Å²) in [5.41, 5.74) is 0. The molecule has 1 amide bonds. The van der Waals surface area contributed by atoms with Gasteiger partial charge in [-0.05, 0) is 83.5 Å². The maximum Gasteiger partial charge on any atom is 0.306 e. The highest BCUT2D eigenvalue weighted by molar-refractivity contribution is 5.77. The molecule has 3 unspecified atom stereocenters. The molecule has 0 saturated carbocycles. The van der Waals surface area contributed by atoms with Gasteiger partial charge in [-0.15, -0.1) is 0 Å². The average molecular weight is 884 g/mol. The van der Waals surface area contributed by atoms with E-state index >= 15 is 0 Å². The molecular weight excluding hydrogens is 779 g/mol. The first-order valence-corrected chi connectivity index (χ1v) is 27.4. The van der Waals surface area contributed by atoms with Crippen LogP contribution >= 0.6 is 0 Å². The van der Waals surface area contributed by atoms with Crippen LogP contribution in [0.1, 0.15) is 278 Å². The molecule has 0 fully saturated rings. The molecule has 0 aliphatic heterocycles. The van der Waals surface area contributed by atoms with Gasteiger partial charge in [-0.3, -0.25) is 9.59 Å². The predicted octanol–water partition coefficient (Wildman–Crippen LogP) is 16.6. The highest BCUT2D eigenvalue weighted by atomic mass is 16.5. The summed E-state index contributed by atoms with van der Waals surface area (Å²) in [6.07, 6.45) is 61.7. The Hall–Kier alpha value is -2.18. The highest BCUT2D eigenvalue weighted by Gasteiger charge is 2.24. The van der Waals surface area contributed by atoms with Crippen LogP contribution in [0.3, 0.4) is 0 Å². The van der Waals surface area contributed by atoms with Crippen LogP contribution in [-0.2, 0) is 14.3 Å². The first-order valence-electron chi connectivity index (χ1n) is 27.4. The van der Waals surface area contributed by atoms with Crippen LogP contribution in [-0.4, -0.2) is 46.9 Å². The zero-order chi connectivity index (χ0) is 45.9. The number of aliphatic hydroxyl groups is 2. The molecule has 3 N–H and O–H groups in total. The predicted molar refractivity (Wildman–Crippen MR) is 273 cm³/mol. The van der Waals surface area contributed by atoms with E-state index in [1.165, 1.54) is 148 Å². The lowest BCUT2D eigenvalue weighted by Gasteiger charge is -2.24. The second-order valence-corrected chi connectivity index (χ2v) is 18.7. The van der Waals surface area contributed by atoms with Crippen LogP contribution in [0, 0.1) is 0 Å². The maximum atomic E-state index is 13.2. The van der Waals surface area contributed by atoms with Crippen LogP contribution in [0.25, 0.3) is 0 Å². The second-order valence-electron chi connectivity index (χ2n) is 18.7. The lowest BCUT2D eigenvalue weighted by atomic mass is 10.0. The van der Waals surface area contributed by atoms with Crippen LogP contribution in [0.2, 0.25) is 0 Å². The molecule has 0 heterocycles. The van der Waals surface area contributed by atoms with E-state index in [2.05, 4.69) is 74.7 Å². The molecule has 0 aliphatic carbocycles.